The van der Waals surface area contributed by atoms with Crippen LogP contribution in [0.5, 0.6) is 0 Å². The van der Waals surface area contributed by atoms with Crippen molar-refractivity contribution < 1.29 is 32.2 Å². The van der Waals surface area contributed by atoms with E-state index in [2.05, 4.69) is 29.7 Å². The molecule has 0 saturated carbocycles. The van der Waals surface area contributed by atoms with Gasteiger partial charge in [0, 0.05) is 58.3 Å². The number of alkyl halides is 3. The molecule has 2 aromatic rings. The Morgan fingerprint density at radius 3 is 2.21 bits per heavy atom. The number of nitrogens with two attached hydrogens (primary N) is 1. The number of ether oxygens (including phenoxy) is 2. The summed E-state index contributed by atoms with van der Waals surface area (Å²) in [7, 11) is 1.30. The number of amides is 1. The second-order valence-electron chi connectivity index (χ2n) is 8.64. The molecule has 206 valence electrons. The standard InChI is InChI=1S/C22H28F3N9O4/c1-37-16(36)4-2-3-15(35)32-5-7-33(8-6-32)20-29-18(30-21(31-20)34-9-11-38-12-10-34)14-13-27-19(26)28-17(14)22(23,24)25/h13H,2-12H2,1H3,(H2,26,27,28). The van der Waals surface area contributed by atoms with Gasteiger partial charge in [-0.3, -0.25) is 9.59 Å². The third-order valence-electron chi connectivity index (χ3n) is 6.14. The molecule has 2 aliphatic heterocycles. The molecule has 2 aromatic heterocycles. The lowest BCUT2D eigenvalue weighted by atomic mass is 10.2. The molecule has 2 saturated heterocycles. The monoisotopic (exact) mass is 539 g/mol. The van der Waals surface area contributed by atoms with Crippen molar-refractivity contribution >= 4 is 29.7 Å². The van der Waals surface area contributed by atoms with Gasteiger partial charge in [-0.15, -0.1) is 0 Å². The van der Waals surface area contributed by atoms with E-state index in [-0.39, 0.29) is 42.4 Å². The van der Waals surface area contributed by atoms with Crippen LogP contribution in [-0.2, 0) is 25.2 Å². The maximum Gasteiger partial charge on any atom is 0.434 e. The summed E-state index contributed by atoms with van der Waals surface area (Å²) in [5, 5.41) is 0. The molecule has 4 heterocycles. The highest BCUT2D eigenvalue weighted by atomic mass is 19.4. The Hall–Kier alpha value is -3.82. The number of hydrogen-bond acceptors (Lipinski definition) is 12. The number of piperazine rings is 1. The van der Waals surface area contributed by atoms with E-state index in [9.17, 15) is 22.8 Å². The Balaban J connectivity index is 1.57. The minimum atomic E-state index is -4.81. The maximum absolute atomic E-state index is 13.8. The van der Waals surface area contributed by atoms with Crippen LogP contribution < -0.4 is 15.5 Å². The molecule has 0 atom stereocenters. The molecule has 0 radical (unpaired) electrons. The number of aromatic nitrogens is 5. The van der Waals surface area contributed by atoms with Gasteiger partial charge in [0.05, 0.1) is 25.9 Å². The van der Waals surface area contributed by atoms with Crippen molar-refractivity contribution in [1.82, 2.24) is 29.8 Å². The molecule has 0 aliphatic carbocycles. The van der Waals surface area contributed by atoms with Gasteiger partial charge in [0.2, 0.25) is 23.8 Å². The first kappa shape index (κ1) is 27.2. The number of halogens is 3. The maximum atomic E-state index is 13.8. The topological polar surface area (TPSA) is 153 Å². The van der Waals surface area contributed by atoms with Crippen molar-refractivity contribution in [3.05, 3.63) is 11.9 Å². The van der Waals surface area contributed by atoms with E-state index >= 15 is 0 Å². The van der Waals surface area contributed by atoms with E-state index in [1.54, 1.807) is 9.80 Å². The van der Waals surface area contributed by atoms with Crippen molar-refractivity contribution in [1.29, 1.82) is 0 Å². The average Bonchev–Trinajstić information content (AvgIpc) is 2.92. The first-order valence-corrected chi connectivity index (χ1v) is 12.0. The van der Waals surface area contributed by atoms with E-state index < -0.39 is 23.4 Å². The van der Waals surface area contributed by atoms with Gasteiger partial charge in [0.15, 0.2) is 11.5 Å². The van der Waals surface area contributed by atoms with E-state index in [1.807, 2.05) is 4.90 Å². The summed E-state index contributed by atoms with van der Waals surface area (Å²) in [5.74, 6) is -0.822. The predicted molar refractivity (Wildman–Crippen MR) is 128 cm³/mol. The molecule has 0 unspecified atom stereocenters. The molecule has 2 aliphatic rings. The number of esters is 1. The third kappa shape index (κ3) is 6.54. The molecule has 13 nitrogen and oxygen atoms in total. The van der Waals surface area contributed by atoms with E-state index in [0.717, 1.165) is 6.20 Å². The summed E-state index contributed by atoms with van der Waals surface area (Å²) in [6.07, 6.45) is -3.09. The van der Waals surface area contributed by atoms with Gasteiger partial charge in [-0.05, 0) is 6.42 Å². The summed E-state index contributed by atoms with van der Waals surface area (Å²) in [4.78, 5) is 49.4. The molecule has 4 rings (SSSR count). The first-order valence-electron chi connectivity index (χ1n) is 12.0. The Morgan fingerprint density at radius 2 is 1.61 bits per heavy atom. The molecule has 16 heteroatoms. The zero-order valence-electron chi connectivity index (χ0n) is 20.8. The fourth-order valence-electron chi connectivity index (χ4n) is 4.10. The lowest BCUT2D eigenvalue weighted by Gasteiger charge is -2.35. The summed E-state index contributed by atoms with van der Waals surface area (Å²) in [5.41, 5.74) is 3.77. The Kier molecular flexibility index (Phi) is 8.38. The van der Waals surface area contributed by atoms with Crippen LogP contribution in [0.1, 0.15) is 25.0 Å². The van der Waals surface area contributed by atoms with Crippen LogP contribution in [0.25, 0.3) is 11.4 Å². The van der Waals surface area contributed by atoms with Gasteiger partial charge < -0.3 is 29.9 Å². The Labute approximate surface area is 216 Å². The zero-order valence-corrected chi connectivity index (χ0v) is 20.8. The van der Waals surface area contributed by atoms with E-state index in [1.165, 1.54) is 7.11 Å². The average molecular weight is 540 g/mol. The molecule has 2 fully saturated rings. The number of anilines is 3. The molecule has 0 aromatic carbocycles. The lowest BCUT2D eigenvalue weighted by molar-refractivity contribution is -0.141. The number of carbonyl (C=O) groups excluding carboxylic acids is 2. The van der Waals surface area contributed by atoms with Crippen LogP contribution in [0.3, 0.4) is 0 Å². The summed E-state index contributed by atoms with van der Waals surface area (Å²) < 4.78 is 51.3. The van der Waals surface area contributed by atoms with Crippen LogP contribution in [-0.4, -0.2) is 101 Å². The minimum Gasteiger partial charge on any atom is -0.469 e. The number of rotatable bonds is 7. The highest BCUT2D eigenvalue weighted by Gasteiger charge is 2.38. The lowest BCUT2D eigenvalue weighted by Crippen LogP contribution is -2.49. The number of morpholine rings is 1. The zero-order chi connectivity index (χ0) is 27.3. The summed E-state index contributed by atoms with van der Waals surface area (Å²) in [6.45, 7) is 3.21. The highest BCUT2D eigenvalue weighted by molar-refractivity contribution is 5.77. The predicted octanol–water partition coefficient (Wildman–Crippen LogP) is 0.758. The van der Waals surface area contributed by atoms with Crippen LogP contribution in [0.4, 0.5) is 31.0 Å². The minimum absolute atomic E-state index is 0.0901. The molecule has 1 amide bonds. The van der Waals surface area contributed by atoms with Gasteiger partial charge in [-0.2, -0.15) is 28.1 Å². The largest absolute Gasteiger partial charge is 0.469 e. The third-order valence-corrected chi connectivity index (χ3v) is 6.14. The fraction of sp³-hybridized carbons (Fsp3) is 0.591. The number of methoxy groups -OCH3 is 1. The van der Waals surface area contributed by atoms with Gasteiger partial charge in [-0.25, -0.2) is 9.97 Å². The first-order chi connectivity index (χ1) is 18.2. The van der Waals surface area contributed by atoms with Gasteiger partial charge >= 0.3 is 12.1 Å². The summed E-state index contributed by atoms with van der Waals surface area (Å²) >= 11 is 0. The van der Waals surface area contributed by atoms with Crippen LogP contribution >= 0.6 is 0 Å². The highest BCUT2D eigenvalue weighted by Crippen LogP contribution is 2.35. The second kappa shape index (κ2) is 11.7. The SMILES string of the molecule is COC(=O)CCCC(=O)N1CCN(c2nc(-c3cnc(N)nc3C(F)(F)F)nc(N3CCOCC3)n2)CC1. The van der Waals surface area contributed by atoms with Gasteiger partial charge in [-0.1, -0.05) is 0 Å². The summed E-state index contributed by atoms with van der Waals surface area (Å²) in [6, 6.07) is 0. The molecule has 38 heavy (non-hydrogen) atoms. The quantitative estimate of drug-likeness (QED) is 0.494. The van der Waals surface area contributed by atoms with Crippen molar-refractivity contribution in [2.24, 2.45) is 0 Å². The van der Waals surface area contributed by atoms with Crippen molar-refractivity contribution in [3.8, 4) is 11.4 Å². The normalized spacial score (nSPS) is 16.5. The number of hydrogen-bond donors (Lipinski definition) is 1. The fourth-order valence-corrected chi connectivity index (χ4v) is 4.10. The van der Waals surface area contributed by atoms with Crippen molar-refractivity contribution in [2.45, 2.75) is 25.4 Å². The number of nitrogen functional groups attached to an aromatic ring is 1. The molecular formula is C22H28F3N9O4. The smallest absolute Gasteiger partial charge is 0.434 e. The van der Waals surface area contributed by atoms with Crippen LogP contribution in [0, 0.1) is 0 Å². The number of nitrogens with zero attached hydrogens (tertiary/aromatic N) is 8. The molecule has 0 bridgehead atoms. The molecular weight excluding hydrogens is 511 g/mol. The van der Waals surface area contributed by atoms with Crippen LogP contribution in [0.15, 0.2) is 6.20 Å². The van der Waals surface area contributed by atoms with E-state index in [0.29, 0.717) is 58.9 Å². The van der Waals surface area contributed by atoms with Crippen LogP contribution in [0.2, 0.25) is 0 Å². The van der Waals surface area contributed by atoms with Gasteiger partial charge in [0.1, 0.15) is 0 Å². The second-order valence-corrected chi connectivity index (χ2v) is 8.64. The van der Waals surface area contributed by atoms with Crippen molar-refractivity contribution in [2.75, 3.05) is 75.1 Å². The van der Waals surface area contributed by atoms with Crippen molar-refractivity contribution in [3.63, 3.8) is 0 Å². The van der Waals surface area contributed by atoms with E-state index in [4.69, 9.17) is 10.5 Å². The molecule has 2 N–H and O–H groups in total. The Bertz CT molecular complexity index is 1150. The number of carbonyl (C=O) groups is 2. The van der Waals surface area contributed by atoms with Gasteiger partial charge in [0.25, 0.3) is 0 Å². The molecule has 0 spiro atoms. The Morgan fingerprint density at radius 1 is 0.974 bits per heavy atom.